The highest BCUT2D eigenvalue weighted by atomic mass is 16.1. The molecule has 0 aliphatic carbocycles. The van der Waals surface area contributed by atoms with Crippen molar-refractivity contribution in [2.24, 2.45) is 5.92 Å². The molecule has 120 valence electrons. The van der Waals surface area contributed by atoms with Crippen molar-refractivity contribution in [2.45, 2.75) is 32.6 Å². The van der Waals surface area contributed by atoms with Crippen molar-refractivity contribution in [3.8, 4) is 0 Å². The molecule has 2 aromatic carbocycles. The van der Waals surface area contributed by atoms with Gasteiger partial charge in [-0.2, -0.15) is 0 Å². The first-order chi connectivity index (χ1) is 11.1. The molecule has 2 heteroatoms. The van der Waals surface area contributed by atoms with E-state index in [1.54, 1.807) is 0 Å². The molecule has 0 saturated carbocycles. The van der Waals surface area contributed by atoms with E-state index in [2.05, 4.69) is 37.4 Å². The number of aryl methyl sites for hydroxylation is 1. The maximum Gasteiger partial charge on any atom is 0.163 e. The molecule has 1 heterocycles. The summed E-state index contributed by atoms with van der Waals surface area (Å²) in [5.41, 5.74) is 5.02. The molecule has 0 amide bonds. The van der Waals surface area contributed by atoms with Crippen molar-refractivity contribution in [3.05, 3.63) is 70.8 Å². The van der Waals surface area contributed by atoms with Crippen LogP contribution >= 0.6 is 0 Å². The van der Waals surface area contributed by atoms with Gasteiger partial charge >= 0.3 is 0 Å². The van der Waals surface area contributed by atoms with E-state index in [1.807, 2.05) is 30.3 Å². The molecule has 0 bridgehead atoms. The van der Waals surface area contributed by atoms with E-state index in [0.29, 0.717) is 18.3 Å². The van der Waals surface area contributed by atoms with Crippen molar-refractivity contribution < 1.29 is 4.79 Å². The number of carbonyl (C=O) groups is 1. The standard InChI is InChI=1S/C21H25NO/c1-15-7-6-10-20(16(15)2)19-11-17(13-22-14-19)12-21(23)18-8-4-3-5-9-18/h3-10,17,19,22H,11-14H2,1-2H3. The summed E-state index contributed by atoms with van der Waals surface area (Å²) in [5, 5.41) is 3.53. The average Bonchev–Trinajstić information content (AvgIpc) is 2.58. The predicted octanol–water partition coefficient (Wildman–Crippen LogP) is 4.27. The summed E-state index contributed by atoms with van der Waals surface area (Å²) in [7, 11) is 0. The Morgan fingerprint density at radius 3 is 2.61 bits per heavy atom. The molecule has 0 radical (unpaired) electrons. The second-order valence-corrected chi connectivity index (χ2v) is 6.74. The normalized spacial score (nSPS) is 21.1. The van der Waals surface area contributed by atoms with Crippen LogP contribution in [0.5, 0.6) is 0 Å². The van der Waals surface area contributed by atoms with Crippen LogP contribution in [-0.4, -0.2) is 18.9 Å². The molecular weight excluding hydrogens is 282 g/mol. The fraction of sp³-hybridized carbons (Fsp3) is 0.381. The van der Waals surface area contributed by atoms with Crippen LogP contribution in [-0.2, 0) is 0 Å². The van der Waals surface area contributed by atoms with Crippen LogP contribution in [0.3, 0.4) is 0 Å². The van der Waals surface area contributed by atoms with Crippen molar-refractivity contribution in [1.29, 1.82) is 0 Å². The third kappa shape index (κ3) is 3.70. The number of hydrogen-bond acceptors (Lipinski definition) is 2. The van der Waals surface area contributed by atoms with E-state index >= 15 is 0 Å². The molecule has 1 fully saturated rings. The Bertz CT molecular complexity index is 677. The number of ketones is 1. The SMILES string of the molecule is Cc1cccc(C2CNCC(CC(=O)c3ccccc3)C2)c1C. The van der Waals surface area contributed by atoms with Gasteiger partial charge in [-0.1, -0.05) is 48.5 Å². The van der Waals surface area contributed by atoms with Crippen molar-refractivity contribution in [3.63, 3.8) is 0 Å². The van der Waals surface area contributed by atoms with Crippen molar-refractivity contribution in [2.75, 3.05) is 13.1 Å². The lowest BCUT2D eigenvalue weighted by molar-refractivity contribution is 0.0951. The number of Topliss-reactive ketones (excluding diaryl/α,β-unsaturated/α-hetero) is 1. The zero-order valence-electron chi connectivity index (χ0n) is 14.0. The zero-order chi connectivity index (χ0) is 16.2. The maximum atomic E-state index is 12.4. The third-order valence-corrected chi connectivity index (χ3v) is 5.10. The number of piperidine rings is 1. The summed E-state index contributed by atoms with van der Waals surface area (Å²) in [6.07, 6.45) is 1.73. The fourth-order valence-electron chi connectivity index (χ4n) is 3.64. The molecule has 1 saturated heterocycles. The summed E-state index contributed by atoms with van der Waals surface area (Å²) in [6, 6.07) is 16.2. The molecule has 23 heavy (non-hydrogen) atoms. The number of carbonyl (C=O) groups excluding carboxylic acids is 1. The van der Waals surface area contributed by atoms with Crippen LogP contribution in [0.25, 0.3) is 0 Å². The minimum absolute atomic E-state index is 0.263. The third-order valence-electron chi connectivity index (χ3n) is 5.10. The molecule has 2 unspecified atom stereocenters. The number of nitrogens with one attached hydrogen (secondary N) is 1. The highest BCUT2D eigenvalue weighted by Crippen LogP contribution is 2.31. The zero-order valence-corrected chi connectivity index (χ0v) is 14.0. The Hall–Kier alpha value is -1.93. The van der Waals surface area contributed by atoms with Gasteiger partial charge in [0.1, 0.15) is 0 Å². The summed E-state index contributed by atoms with van der Waals surface area (Å²) < 4.78 is 0. The molecule has 1 aliphatic heterocycles. The van der Waals surface area contributed by atoms with Crippen LogP contribution in [0.15, 0.2) is 48.5 Å². The topological polar surface area (TPSA) is 29.1 Å². The monoisotopic (exact) mass is 307 g/mol. The molecule has 2 nitrogen and oxygen atoms in total. The molecule has 0 aromatic heterocycles. The number of rotatable bonds is 4. The first-order valence-corrected chi connectivity index (χ1v) is 8.50. The Morgan fingerprint density at radius 1 is 1.04 bits per heavy atom. The van der Waals surface area contributed by atoms with Gasteiger partial charge in [-0.15, -0.1) is 0 Å². The first-order valence-electron chi connectivity index (χ1n) is 8.50. The van der Waals surface area contributed by atoms with E-state index < -0.39 is 0 Å². The van der Waals surface area contributed by atoms with Gasteiger partial charge in [0.15, 0.2) is 5.78 Å². The van der Waals surface area contributed by atoms with E-state index in [-0.39, 0.29) is 5.78 Å². The minimum atomic E-state index is 0.263. The Labute approximate surface area is 138 Å². The van der Waals surface area contributed by atoms with Gasteiger partial charge in [-0.05, 0) is 55.3 Å². The summed E-state index contributed by atoms with van der Waals surface area (Å²) in [5.74, 6) is 1.19. The van der Waals surface area contributed by atoms with E-state index in [0.717, 1.165) is 25.1 Å². The molecule has 0 spiro atoms. The van der Waals surface area contributed by atoms with Gasteiger partial charge in [-0.25, -0.2) is 0 Å². The molecular formula is C21H25NO. The Morgan fingerprint density at radius 2 is 1.83 bits per heavy atom. The van der Waals surface area contributed by atoms with Gasteiger partial charge < -0.3 is 5.32 Å². The molecule has 3 rings (SSSR count). The lowest BCUT2D eigenvalue weighted by Crippen LogP contribution is -2.36. The Balaban J connectivity index is 1.69. The highest BCUT2D eigenvalue weighted by Gasteiger charge is 2.26. The number of hydrogen-bond donors (Lipinski definition) is 1. The smallest absolute Gasteiger partial charge is 0.163 e. The summed E-state index contributed by atoms with van der Waals surface area (Å²) in [4.78, 5) is 12.4. The predicted molar refractivity (Wildman–Crippen MR) is 95.0 cm³/mol. The van der Waals surface area contributed by atoms with Gasteiger partial charge in [0, 0.05) is 18.5 Å². The quantitative estimate of drug-likeness (QED) is 0.855. The van der Waals surface area contributed by atoms with Gasteiger partial charge in [-0.3, -0.25) is 4.79 Å². The largest absolute Gasteiger partial charge is 0.316 e. The second-order valence-electron chi connectivity index (χ2n) is 6.74. The summed E-state index contributed by atoms with van der Waals surface area (Å²) in [6.45, 7) is 6.34. The molecule has 1 N–H and O–H groups in total. The van der Waals surface area contributed by atoms with Crippen LogP contribution in [0.1, 0.15) is 45.8 Å². The Kier molecular flexibility index (Phi) is 4.92. The second kappa shape index (κ2) is 7.10. The average molecular weight is 307 g/mol. The minimum Gasteiger partial charge on any atom is -0.316 e. The van der Waals surface area contributed by atoms with Gasteiger partial charge in [0.2, 0.25) is 0 Å². The molecule has 2 aromatic rings. The van der Waals surface area contributed by atoms with Crippen molar-refractivity contribution in [1.82, 2.24) is 5.32 Å². The van der Waals surface area contributed by atoms with Crippen LogP contribution < -0.4 is 5.32 Å². The van der Waals surface area contributed by atoms with Gasteiger partial charge in [0.25, 0.3) is 0 Å². The molecule has 2 atom stereocenters. The van der Waals surface area contributed by atoms with Gasteiger partial charge in [0.05, 0.1) is 0 Å². The van der Waals surface area contributed by atoms with E-state index in [1.165, 1.54) is 16.7 Å². The molecule has 1 aliphatic rings. The van der Waals surface area contributed by atoms with Crippen LogP contribution in [0.2, 0.25) is 0 Å². The van der Waals surface area contributed by atoms with E-state index in [9.17, 15) is 4.79 Å². The summed E-state index contributed by atoms with van der Waals surface area (Å²) >= 11 is 0. The fourth-order valence-corrected chi connectivity index (χ4v) is 3.64. The lowest BCUT2D eigenvalue weighted by Gasteiger charge is -2.31. The van der Waals surface area contributed by atoms with Crippen LogP contribution in [0, 0.1) is 19.8 Å². The van der Waals surface area contributed by atoms with E-state index in [4.69, 9.17) is 0 Å². The van der Waals surface area contributed by atoms with Crippen LogP contribution in [0.4, 0.5) is 0 Å². The number of benzene rings is 2. The maximum absolute atomic E-state index is 12.4. The highest BCUT2D eigenvalue weighted by molar-refractivity contribution is 5.96. The lowest BCUT2D eigenvalue weighted by atomic mass is 9.80. The van der Waals surface area contributed by atoms with Crippen molar-refractivity contribution >= 4 is 5.78 Å². The first kappa shape index (κ1) is 15.9.